The number of carbonyl (C=O) groups is 1. The number of hydrogen-bond acceptors (Lipinski definition) is 3. The van der Waals surface area contributed by atoms with Gasteiger partial charge >= 0.3 is 5.97 Å². The standard InChI is InChI=1S/C23H45NO2/c1-6-7-8-9-10-11-12-13-14-15-19-26-21(25)20-24-22(2,3)17-16-18-23(24,4)5/h6-20H2,1-5H3. The fourth-order valence-electron chi connectivity index (χ4n) is 4.42. The molecule has 1 aliphatic heterocycles. The van der Waals surface area contributed by atoms with Crippen molar-refractivity contribution in [1.29, 1.82) is 0 Å². The SMILES string of the molecule is CCCCCCCCCCCCOC(=O)CN1C(C)(C)CCCC1(C)C. The quantitative estimate of drug-likeness (QED) is 0.275. The molecule has 0 atom stereocenters. The van der Waals surface area contributed by atoms with Crippen molar-refractivity contribution < 1.29 is 9.53 Å². The lowest BCUT2D eigenvalue weighted by molar-refractivity contribution is -0.151. The van der Waals surface area contributed by atoms with Crippen molar-refractivity contribution in [3.63, 3.8) is 0 Å². The second-order valence-corrected chi connectivity index (χ2v) is 9.47. The predicted octanol–water partition coefficient (Wildman–Crippen LogP) is 6.49. The van der Waals surface area contributed by atoms with Crippen LogP contribution in [0.5, 0.6) is 0 Å². The number of esters is 1. The van der Waals surface area contributed by atoms with Gasteiger partial charge in [0.2, 0.25) is 0 Å². The first-order chi connectivity index (χ1) is 12.3. The van der Waals surface area contributed by atoms with Crippen molar-refractivity contribution in [2.24, 2.45) is 0 Å². The summed E-state index contributed by atoms with van der Waals surface area (Å²) in [5.74, 6) is -0.0519. The maximum absolute atomic E-state index is 12.3. The number of hydrogen-bond donors (Lipinski definition) is 0. The number of likely N-dealkylation sites (tertiary alicyclic amines) is 1. The zero-order valence-electron chi connectivity index (χ0n) is 18.4. The molecule has 0 bridgehead atoms. The van der Waals surface area contributed by atoms with Crippen LogP contribution in [0, 0.1) is 0 Å². The summed E-state index contributed by atoms with van der Waals surface area (Å²) in [6, 6.07) is 0. The minimum atomic E-state index is -0.0519. The smallest absolute Gasteiger partial charge is 0.320 e. The lowest BCUT2D eigenvalue weighted by atomic mass is 9.80. The molecule has 3 heteroatoms. The van der Waals surface area contributed by atoms with E-state index < -0.39 is 0 Å². The molecule has 1 fully saturated rings. The summed E-state index contributed by atoms with van der Waals surface area (Å²) in [7, 11) is 0. The molecule has 0 unspecified atom stereocenters. The van der Waals surface area contributed by atoms with Gasteiger partial charge in [-0.2, -0.15) is 0 Å². The van der Waals surface area contributed by atoms with Crippen molar-refractivity contribution in [2.45, 2.75) is 129 Å². The summed E-state index contributed by atoms with van der Waals surface area (Å²) < 4.78 is 5.52. The highest BCUT2D eigenvalue weighted by Gasteiger charge is 2.42. The van der Waals surface area contributed by atoms with E-state index >= 15 is 0 Å². The summed E-state index contributed by atoms with van der Waals surface area (Å²) in [5.41, 5.74) is 0.162. The Morgan fingerprint density at radius 1 is 0.808 bits per heavy atom. The van der Waals surface area contributed by atoms with Crippen molar-refractivity contribution >= 4 is 5.97 Å². The molecule has 0 amide bonds. The molecule has 0 radical (unpaired) electrons. The summed E-state index contributed by atoms with van der Waals surface area (Å²) in [6.45, 7) is 12.3. The minimum absolute atomic E-state index is 0.0519. The van der Waals surface area contributed by atoms with Gasteiger partial charge in [-0.05, 0) is 53.4 Å². The number of rotatable bonds is 13. The normalized spacial score (nSPS) is 19.4. The molecule has 1 heterocycles. The van der Waals surface area contributed by atoms with Crippen LogP contribution < -0.4 is 0 Å². The molecule has 3 nitrogen and oxygen atoms in total. The molecule has 0 N–H and O–H groups in total. The lowest BCUT2D eigenvalue weighted by Gasteiger charge is -2.52. The van der Waals surface area contributed by atoms with E-state index in [2.05, 4.69) is 39.5 Å². The highest BCUT2D eigenvalue weighted by molar-refractivity contribution is 5.72. The van der Waals surface area contributed by atoms with Gasteiger partial charge in [0, 0.05) is 11.1 Å². The van der Waals surface area contributed by atoms with E-state index in [1.807, 2.05) is 0 Å². The first-order valence-corrected chi connectivity index (χ1v) is 11.2. The third-order valence-corrected chi connectivity index (χ3v) is 6.09. The van der Waals surface area contributed by atoms with Crippen molar-refractivity contribution in [2.75, 3.05) is 13.2 Å². The average molecular weight is 368 g/mol. The van der Waals surface area contributed by atoms with E-state index in [9.17, 15) is 4.79 Å². The van der Waals surface area contributed by atoms with Gasteiger partial charge < -0.3 is 4.74 Å². The van der Waals surface area contributed by atoms with E-state index in [-0.39, 0.29) is 17.0 Å². The topological polar surface area (TPSA) is 29.5 Å². The highest BCUT2D eigenvalue weighted by Crippen LogP contribution is 2.37. The summed E-state index contributed by atoms with van der Waals surface area (Å²) in [5, 5.41) is 0. The molecule has 0 spiro atoms. The molecular weight excluding hydrogens is 322 g/mol. The van der Waals surface area contributed by atoms with Crippen molar-refractivity contribution in [3.05, 3.63) is 0 Å². The third-order valence-electron chi connectivity index (χ3n) is 6.09. The number of carbonyl (C=O) groups excluding carboxylic acids is 1. The molecule has 1 rings (SSSR count). The van der Waals surface area contributed by atoms with Crippen LogP contribution in [-0.2, 0) is 9.53 Å². The molecule has 0 aromatic rings. The minimum Gasteiger partial charge on any atom is -0.465 e. The predicted molar refractivity (Wildman–Crippen MR) is 112 cm³/mol. The van der Waals surface area contributed by atoms with E-state index in [1.54, 1.807) is 0 Å². The Morgan fingerprint density at radius 2 is 1.27 bits per heavy atom. The third kappa shape index (κ3) is 8.88. The Bertz CT molecular complexity index is 374. The summed E-state index contributed by atoms with van der Waals surface area (Å²) in [6.07, 6.45) is 16.6. The summed E-state index contributed by atoms with van der Waals surface area (Å²) in [4.78, 5) is 14.6. The number of nitrogens with zero attached hydrogens (tertiary/aromatic N) is 1. The zero-order chi connectivity index (χ0) is 19.5. The van der Waals surface area contributed by atoms with Gasteiger partial charge in [-0.3, -0.25) is 9.69 Å². The first-order valence-electron chi connectivity index (χ1n) is 11.2. The van der Waals surface area contributed by atoms with Gasteiger partial charge in [-0.1, -0.05) is 64.7 Å². The van der Waals surface area contributed by atoms with Crippen molar-refractivity contribution in [3.8, 4) is 0 Å². The average Bonchev–Trinajstić information content (AvgIpc) is 2.56. The molecule has 0 aromatic heterocycles. The molecule has 1 aliphatic rings. The van der Waals surface area contributed by atoms with Gasteiger partial charge in [-0.15, -0.1) is 0 Å². The molecule has 1 saturated heterocycles. The Labute approximate surface area is 163 Å². The van der Waals surface area contributed by atoms with Gasteiger partial charge in [0.05, 0.1) is 13.2 Å². The van der Waals surface area contributed by atoms with E-state index in [0.717, 1.165) is 19.3 Å². The van der Waals surface area contributed by atoms with Gasteiger partial charge in [0.1, 0.15) is 0 Å². The monoisotopic (exact) mass is 367 g/mol. The number of piperidine rings is 1. The van der Waals surface area contributed by atoms with Gasteiger partial charge in [0.15, 0.2) is 0 Å². The second kappa shape index (κ2) is 12.0. The Balaban J connectivity index is 2.08. The Kier molecular flexibility index (Phi) is 10.8. The van der Waals surface area contributed by atoms with Gasteiger partial charge in [0.25, 0.3) is 0 Å². The van der Waals surface area contributed by atoms with E-state index in [1.165, 1.54) is 64.2 Å². The van der Waals surface area contributed by atoms with Crippen LogP contribution in [-0.4, -0.2) is 35.1 Å². The van der Waals surface area contributed by atoms with Crippen LogP contribution in [0.3, 0.4) is 0 Å². The highest BCUT2D eigenvalue weighted by atomic mass is 16.5. The molecule has 26 heavy (non-hydrogen) atoms. The fraction of sp³-hybridized carbons (Fsp3) is 0.957. The molecule has 0 saturated carbocycles. The first kappa shape index (κ1) is 23.5. The molecule has 154 valence electrons. The van der Waals surface area contributed by atoms with Crippen LogP contribution in [0.2, 0.25) is 0 Å². The van der Waals surface area contributed by atoms with Crippen LogP contribution >= 0.6 is 0 Å². The van der Waals surface area contributed by atoms with E-state index in [4.69, 9.17) is 4.74 Å². The molecular formula is C23H45NO2. The second-order valence-electron chi connectivity index (χ2n) is 9.47. The maximum atomic E-state index is 12.3. The van der Waals surface area contributed by atoms with E-state index in [0.29, 0.717) is 13.2 Å². The zero-order valence-corrected chi connectivity index (χ0v) is 18.4. The van der Waals surface area contributed by atoms with Crippen LogP contribution in [0.15, 0.2) is 0 Å². The fourth-order valence-corrected chi connectivity index (χ4v) is 4.42. The molecule has 0 aliphatic carbocycles. The Hall–Kier alpha value is -0.570. The van der Waals surface area contributed by atoms with Crippen LogP contribution in [0.1, 0.15) is 118 Å². The maximum Gasteiger partial charge on any atom is 0.320 e. The van der Waals surface area contributed by atoms with Crippen molar-refractivity contribution in [1.82, 2.24) is 4.90 Å². The number of unbranched alkanes of at least 4 members (excludes halogenated alkanes) is 9. The summed E-state index contributed by atoms with van der Waals surface area (Å²) >= 11 is 0. The van der Waals surface area contributed by atoms with Gasteiger partial charge in [-0.25, -0.2) is 0 Å². The largest absolute Gasteiger partial charge is 0.465 e. The Morgan fingerprint density at radius 3 is 1.77 bits per heavy atom. The van der Waals surface area contributed by atoms with Crippen LogP contribution in [0.25, 0.3) is 0 Å². The van der Waals surface area contributed by atoms with Crippen LogP contribution in [0.4, 0.5) is 0 Å². The lowest BCUT2D eigenvalue weighted by Crippen LogP contribution is -2.60. The number of ether oxygens (including phenoxy) is 1. The molecule has 0 aromatic carbocycles.